The molecule has 1 aromatic carbocycles. The van der Waals surface area contributed by atoms with Gasteiger partial charge in [0.1, 0.15) is 5.76 Å². The lowest BCUT2D eigenvalue weighted by molar-refractivity contribution is 0.0696. The number of furan rings is 1. The third-order valence-corrected chi connectivity index (χ3v) is 3.78. The van der Waals surface area contributed by atoms with E-state index in [-0.39, 0.29) is 11.5 Å². The van der Waals surface area contributed by atoms with Crippen molar-refractivity contribution in [2.24, 2.45) is 0 Å². The van der Waals surface area contributed by atoms with Crippen LogP contribution in [0.3, 0.4) is 0 Å². The predicted octanol–water partition coefficient (Wildman–Crippen LogP) is 2.88. The normalized spacial score (nSPS) is 13.9. The Kier molecular flexibility index (Phi) is 3.25. The summed E-state index contributed by atoms with van der Waals surface area (Å²) in [5.74, 6) is -0.466. The Balaban J connectivity index is 1.99. The number of anilines is 1. The number of rotatable bonds is 2. The van der Waals surface area contributed by atoms with E-state index in [0.29, 0.717) is 17.9 Å². The quantitative estimate of drug-likeness (QED) is 0.921. The Bertz CT molecular complexity index is 717. The van der Waals surface area contributed by atoms with Crippen molar-refractivity contribution in [3.05, 3.63) is 53.0 Å². The molecule has 0 aliphatic carbocycles. The van der Waals surface area contributed by atoms with Crippen molar-refractivity contribution in [1.29, 1.82) is 0 Å². The molecule has 21 heavy (non-hydrogen) atoms. The zero-order valence-electron chi connectivity index (χ0n) is 11.6. The van der Waals surface area contributed by atoms with Gasteiger partial charge in [-0.05, 0) is 49.6 Å². The molecule has 1 aliphatic rings. The van der Waals surface area contributed by atoms with Gasteiger partial charge in [0, 0.05) is 12.2 Å². The van der Waals surface area contributed by atoms with Crippen LogP contribution in [0, 0.1) is 6.92 Å². The van der Waals surface area contributed by atoms with Gasteiger partial charge in [-0.1, -0.05) is 0 Å². The maximum atomic E-state index is 12.6. The summed E-state index contributed by atoms with van der Waals surface area (Å²) in [6.45, 7) is 2.38. The fraction of sp³-hybridized carbons (Fsp3) is 0.250. The molecular formula is C16H15NO4. The van der Waals surface area contributed by atoms with E-state index in [1.54, 1.807) is 30.0 Å². The Morgan fingerprint density at radius 3 is 2.76 bits per heavy atom. The van der Waals surface area contributed by atoms with Crippen molar-refractivity contribution in [2.75, 3.05) is 11.4 Å². The van der Waals surface area contributed by atoms with Gasteiger partial charge in [-0.25, -0.2) is 4.79 Å². The van der Waals surface area contributed by atoms with Gasteiger partial charge in [0.2, 0.25) is 0 Å². The number of aromatic carboxylic acids is 1. The third-order valence-electron chi connectivity index (χ3n) is 3.78. The first-order valence-electron chi connectivity index (χ1n) is 6.80. The highest BCUT2D eigenvalue weighted by atomic mass is 16.4. The number of hydrogen-bond acceptors (Lipinski definition) is 3. The van der Waals surface area contributed by atoms with Gasteiger partial charge in [-0.2, -0.15) is 0 Å². The summed E-state index contributed by atoms with van der Waals surface area (Å²) in [5.41, 5.74) is 2.49. The van der Waals surface area contributed by atoms with E-state index in [1.165, 1.54) is 12.3 Å². The number of carbonyl (C=O) groups excluding carboxylic acids is 1. The van der Waals surface area contributed by atoms with Gasteiger partial charge < -0.3 is 14.4 Å². The number of carboxylic acid groups (broad SMARTS) is 1. The van der Waals surface area contributed by atoms with Crippen LogP contribution in [0.1, 0.15) is 38.5 Å². The Labute approximate surface area is 121 Å². The van der Waals surface area contributed by atoms with E-state index in [9.17, 15) is 9.59 Å². The fourth-order valence-corrected chi connectivity index (χ4v) is 2.69. The molecule has 0 bridgehead atoms. The smallest absolute Gasteiger partial charge is 0.335 e. The van der Waals surface area contributed by atoms with Crippen LogP contribution < -0.4 is 4.90 Å². The van der Waals surface area contributed by atoms with Gasteiger partial charge in [0.05, 0.1) is 17.4 Å². The molecule has 1 aromatic heterocycles. The molecule has 5 heteroatoms. The summed E-state index contributed by atoms with van der Waals surface area (Å²) in [7, 11) is 0. The lowest BCUT2D eigenvalue weighted by Gasteiger charge is -2.29. The molecule has 1 aliphatic heterocycles. The topological polar surface area (TPSA) is 70.8 Å². The van der Waals surface area contributed by atoms with Gasteiger partial charge in [0.15, 0.2) is 0 Å². The van der Waals surface area contributed by atoms with Crippen molar-refractivity contribution in [1.82, 2.24) is 0 Å². The van der Waals surface area contributed by atoms with Gasteiger partial charge in [0.25, 0.3) is 5.91 Å². The van der Waals surface area contributed by atoms with Gasteiger partial charge >= 0.3 is 5.97 Å². The standard InChI is InChI=1S/C16H15NO4/c1-10-13(6-8-21-10)15(18)17-7-2-3-11-9-12(16(19)20)4-5-14(11)17/h4-6,8-9H,2-3,7H2,1H3,(H,19,20). The molecule has 3 rings (SSSR count). The highest BCUT2D eigenvalue weighted by Gasteiger charge is 2.26. The SMILES string of the molecule is Cc1occc1C(=O)N1CCCc2cc(C(=O)O)ccc21. The van der Waals surface area contributed by atoms with Crippen LogP contribution in [0.2, 0.25) is 0 Å². The van der Waals surface area contributed by atoms with Crippen LogP contribution in [0.15, 0.2) is 34.9 Å². The van der Waals surface area contributed by atoms with Crippen LogP contribution in [-0.2, 0) is 6.42 Å². The number of benzene rings is 1. The lowest BCUT2D eigenvalue weighted by atomic mass is 9.98. The van der Waals surface area contributed by atoms with E-state index in [1.807, 2.05) is 0 Å². The maximum Gasteiger partial charge on any atom is 0.335 e. The average molecular weight is 285 g/mol. The van der Waals surface area contributed by atoms with E-state index in [2.05, 4.69) is 0 Å². The van der Waals surface area contributed by atoms with E-state index < -0.39 is 5.97 Å². The molecule has 1 N–H and O–H groups in total. The van der Waals surface area contributed by atoms with Gasteiger partial charge in [-0.3, -0.25) is 4.79 Å². The van der Waals surface area contributed by atoms with Crippen LogP contribution in [0.5, 0.6) is 0 Å². The molecule has 0 saturated heterocycles. The Hall–Kier alpha value is -2.56. The van der Waals surface area contributed by atoms with E-state index in [4.69, 9.17) is 9.52 Å². The number of fused-ring (bicyclic) bond motifs is 1. The monoisotopic (exact) mass is 285 g/mol. The maximum absolute atomic E-state index is 12.6. The molecule has 108 valence electrons. The number of carbonyl (C=O) groups is 2. The first kappa shape index (κ1) is 13.4. The van der Waals surface area contributed by atoms with Crippen molar-refractivity contribution < 1.29 is 19.1 Å². The molecule has 1 amide bonds. The van der Waals surface area contributed by atoms with Crippen molar-refractivity contribution in [3.63, 3.8) is 0 Å². The van der Waals surface area contributed by atoms with E-state index >= 15 is 0 Å². The minimum atomic E-state index is -0.952. The molecule has 5 nitrogen and oxygen atoms in total. The van der Waals surface area contributed by atoms with Crippen LogP contribution >= 0.6 is 0 Å². The second-order valence-electron chi connectivity index (χ2n) is 5.10. The minimum absolute atomic E-state index is 0.106. The largest absolute Gasteiger partial charge is 0.478 e. The molecule has 2 heterocycles. The number of hydrogen-bond donors (Lipinski definition) is 1. The van der Waals surface area contributed by atoms with Crippen molar-refractivity contribution in [2.45, 2.75) is 19.8 Å². The summed E-state index contributed by atoms with van der Waals surface area (Å²) >= 11 is 0. The first-order chi connectivity index (χ1) is 10.1. The second-order valence-corrected chi connectivity index (χ2v) is 5.10. The highest BCUT2D eigenvalue weighted by molar-refractivity contribution is 6.07. The third kappa shape index (κ3) is 2.31. The summed E-state index contributed by atoms with van der Waals surface area (Å²) in [4.78, 5) is 25.4. The number of aryl methyl sites for hydroxylation is 2. The molecule has 0 atom stereocenters. The summed E-state index contributed by atoms with van der Waals surface area (Å²) in [6, 6.07) is 6.57. The van der Waals surface area contributed by atoms with Crippen molar-refractivity contribution in [3.8, 4) is 0 Å². The van der Waals surface area contributed by atoms with Crippen LogP contribution in [-0.4, -0.2) is 23.5 Å². The fourth-order valence-electron chi connectivity index (χ4n) is 2.69. The minimum Gasteiger partial charge on any atom is -0.478 e. The van der Waals surface area contributed by atoms with Crippen molar-refractivity contribution >= 4 is 17.6 Å². The number of amides is 1. The molecule has 0 radical (unpaired) electrons. The average Bonchev–Trinajstić information content (AvgIpc) is 2.91. The first-order valence-corrected chi connectivity index (χ1v) is 6.80. The van der Waals surface area contributed by atoms with Gasteiger partial charge in [-0.15, -0.1) is 0 Å². The Morgan fingerprint density at radius 1 is 1.29 bits per heavy atom. The lowest BCUT2D eigenvalue weighted by Crippen LogP contribution is -2.35. The summed E-state index contributed by atoms with van der Waals surface area (Å²) < 4.78 is 5.19. The highest BCUT2D eigenvalue weighted by Crippen LogP contribution is 2.30. The number of nitrogens with zero attached hydrogens (tertiary/aromatic N) is 1. The molecule has 0 unspecified atom stereocenters. The zero-order valence-corrected chi connectivity index (χ0v) is 11.6. The predicted molar refractivity (Wildman–Crippen MR) is 76.8 cm³/mol. The van der Waals surface area contributed by atoms with E-state index in [0.717, 1.165) is 24.1 Å². The number of carboxylic acids is 1. The summed E-state index contributed by atoms with van der Waals surface area (Å²) in [5, 5.41) is 9.06. The molecule has 0 fully saturated rings. The summed E-state index contributed by atoms with van der Waals surface area (Å²) in [6.07, 6.45) is 3.10. The second kappa shape index (κ2) is 5.09. The zero-order chi connectivity index (χ0) is 15.0. The molecule has 0 spiro atoms. The molecule has 2 aromatic rings. The molecular weight excluding hydrogens is 270 g/mol. The van der Waals surface area contributed by atoms with Crippen LogP contribution in [0.25, 0.3) is 0 Å². The molecule has 0 saturated carbocycles. The Morgan fingerprint density at radius 2 is 2.10 bits per heavy atom. The van der Waals surface area contributed by atoms with Crippen LogP contribution in [0.4, 0.5) is 5.69 Å².